The van der Waals surface area contributed by atoms with Gasteiger partial charge < -0.3 is 9.47 Å². The fourth-order valence-corrected chi connectivity index (χ4v) is 3.47. The number of benzene rings is 2. The number of rotatable bonds is 3. The van der Waals surface area contributed by atoms with Crippen LogP contribution in [0, 0.1) is 5.82 Å². The predicted octanol–water partition coefficient (Wildman–Crippen LogP) is 5.02. The second kappa shape index (κ2) is 5.97. The Morgan fingerprint density at radius 2 is 2.10 bits per heavy atom. The van der Waals surface area contributed by atoms with Gasteiger partial charge in [-0.05, 0) is 39.2 Å². The molecule has 0 amide bonds. The van der Waals surface area contributed by atoms with Crippen LogP contribution in [0.3, 0.4) is 0 Å². The molecule has 0 radical (unpaired) electrons. The Hall–Kier alpha value is -1.07. The summed E-state index contributed by atoms with van der Waals surface area (Å²) in [6.45, 7) is 0.733. The van der Waals surface area contributed by atoms with Crippen LogP contribution in [0.2, 0.25) is 0 Å². The maximum Gasteiger partial charge on any atom is 0.141 e. The van der Waals surface area contributed by atoms with Crippen LogP contribution in [0.1, 0.15) is 21.5 Å². The molecule has 110 valence electrons. The lowest BCUT2D eigenvalue weighted by atomic mass is 10.0. The highest BCUT2D eigenvalue weighted by molar-refractivity contribution is 9.10. The molecule has 1 aliphatic rings. The van der Waals surface area contributed by atoms with Crippen molar-refractivity contribution in [3.63, 3.8) is 0 Å². The third kappa shape index (κ3) is 2.81. The van der Waals surface area contributed by atoms with E-state index in [9.17, 15) is 4.39 Å². The standard InChI is InChI=1S/C16H13Br2FO2/c1-20-15-8-13(19)12(17)7-11(15)16(18)10-2-3-14-9(6-10)4-5-21-14/h2-3,6-8,16H,4-5H2,1H3. The Labute approximate surface area is 139 Å². The molecule has 2 aromatic rings. The molecule has 1 heterocycles. The lowest BCUT2D eigenvalue weighted by Crippen LogP contribution is -1.99. The Bertz CT molecular complexity index is 688. The monoisotopic (exact) mass is 414 g/mol. The van der Waals surface area contributed by atoms with E-state index in [2.05, 4.69) is 37.9 Å². The van der Waals surface area contributed by atoms with Crippen molar-refractivity contribution < 1.29 is 13.9 Å². The topological polar surface area (TPSA) is 18.5 Å². The molecule has 5 heteroatoms. The number of alkyl halides is 1. The van der Waals surface area contributed by atoms with Crippen molar-refractivity contribution in [2.75, 3.05) is 13.7 Å². The third-order valence-corrected chi connectivity index (χ3v) is 5.18. The van der Waals surface area contributed by atoms with Crippen LogP contribution in [0.4, 0.5) is 4.39 Å². The predicted molar refractivity (Wildman–Crippen MR) is 87.1 cm³/mol. The molecule has 0 bridgehead atoms. The zero-order chi connectivity index (χ0) is 15.0. The molecule has 1 aliphatic heterocycles. The van der Waals surface area contributed by atoms with Crippen LogP contribution in [0.25, 0.3) is 0 Å². The van der Waals surface area contributed by atoms with Crippen molar-refractivity contribution in [2.24, 2.45) is 0 Å². The average Bonchev–Trinajstić information content (AvgIpc) is 2.96. The molecule has 0 spiro atoms. The van der Waals surface area contributed by atoms with Gasteiger partial charge in [-0.15, -0.1) is 0 Å². The Kier molecular flexibility index (Phi) is 4.22. The van der Waals surface area contributed by atoms with Crippen molar-refractivity contribution in [3.8, 4) is 11.5 Å². The van der Waals surface area contributed by atoms with Gasteiger partial charge in [0.05, 0.1) is 23.0 Å². The summed E-state index contributed by atoms with van der Waals surface area (Å²) in [6.07, 6.45) is 0.924. The number of hydrogen-bond acceptors (Lipinski definition) is 2. The minimum absolute atomic E-state index is 0.0738. The van der Waals surface area contributed by atoms with E-state index in [1.165, 1.54) is 11.6 Å². The van der Waals surface area contributed by atoms with Crippen molar-refractivity contribution in [1.29, 1.82) is 0 Å². The first kappa shape index (κ1) is 14.9. The van der Waals surface area contributed by atoms with Crippen LogP contribution in [-0.2, 0) is 6.42 Å². The smallest absolute Gasteiger partial charge is 0.141 e. The van der Waals surface area contributed by atoms with E-state index in [1.54, 1.807) is 13.2 Å². The van der Waals surface area contributed by atoms with Crippen molar-refractivity contribution >= 4 is 31.9 Å². The van der Waals surface area contributed by atoms with E-state index < -0.39 is 0 Å². The van der Waals surface area contributed by atoms with Crippen LogP contribution >= 0.6 is 31.9 Å². The first-order chi connectivity index (χ1) is 10.1. The fourth-order valence-electron chi connectivity index (χ4n) is 2.46. The number of fused-ring (bicyclic) bond motifs is 1. The number of ether oxygens (including phenoxy) is 2. The quantitative estimate of drug-likeness (QED) is 0.655. The van der Waals surface area contributed by atoms with Crippen LogP contribution in [-0.4, -0.2) is 13.7 Å². The molecule has 3 rings (SSSR count). The fraction of sp³-hybridized carbons (Fsp3) is 0.250. The zero-order valence-corrected chi connectivity index (χ0v) is 14.5. The van der Waals surface area contributed by atoms with Gasteiger partial charge in [-0.25, -0.2) is 4.39 Å². The summed E-state index contributed by atoms with van der Waals surface area (Å²) in [7, 11) is 1.54. The average molecular weight is 416 g/mol. The summed E-state index contributed by atoms with van der Waals surface area (Å²) in [6, 6.07) is 9.26. The largest absolute Gasteiger partial charge is 0.496 e. The van der Waals surface area contributed by atoms with Crippen LogP contribution in [0.15, 0.2) is 34.8 Å². The second-order valence-electron chi connectivity index (χ2n) is 4.84. The lowest BCUT2D eigenvalue weighted by molar-refractivity contribution is 0.357. The number of hydrogen-bond donors (Lipinski definition) is 0. The maximum atomic E-state index is 13.6. The first-order valence-corrected chi connectivity index (χ1v) is 8.23. The van der Waals surface area contributed by atoms with E-state index in [0.717, 1.165) is 29.9 Å². The minimum atomic E-state index is -0.336. The van der Waals surface area contributed by atoms with Gasteiger partial charge in [-0.3, -0.25) is 0 Å². The molecule has 0 saturated heterocycles. The summed E-state index contributed by atoms with van der Waals surface area (Å²) in [5, 5.41) is 0. The second-order valence-corrected chi connectivity index (χ2v) is 6.61. The molecule has 1 unspecified atom stereocenters. The minimum Gasteiger partial charge on any atom is -0.496 e. The molecule has 2 aromatic carbocycles. The summed E-state index contributed by atoms with van der Waals surface area (Å²) in [5.74, 6) is 1.14. The van der Waals surface area contributed by atoms with E-state index in [4.69, 9.17) is 9.47 Å². The zero-order valence-electron chi connectivity index (χ0n) is 11.3. The molecule has 0 N–H and O–H groups in total. The summed E-state index contributed by atoms with van der Waals surface area (Å²) < 4.78 is 24.9. The van der Waals surface area contributed by atoms with Crippen molar-refractivity contribution in [1.82, 2.24) is 0 Å². The highest BCUT2D eigenvalue weighted by Gasteiger charge is 2.20. The lowest BCUT2D eigenvalue weighted by Gasteiger charge is -2.16. The van der Waals surface area contributed by atoms with Gasteiger partial charge in [0.25, 0.3) is 0 Å². The third-order valence-electron chi connectivity index (χ3n) is 3.55. The molecule has 2 nitrogen and oxygen atoms in total. The SMILES string of the molecule is COc1cc(F)c(Br)cc1C(Br)c1ccc2c(c1)CCO2. The highest BCUT2D eigenvalue weighted by atomic mass is 79.9. The molecule has 1 atom stereocenters. The van der Waals surface area contributed by atoms with Gasteiger partial charge in [-0.2, -0.15) is 0 Å². The van der Waals surface area contributed by atoms with Gasteiger partial charge >= 0.3 is 0 Å². The van der Waals surface area contributed by atoms with Gasteiger partial charge in [0.15, 0.2) is 0 Å². The Morgan fingerprint density at radius 1 is 1.29 bits per heavy atom. The summed E-state index contributed by atoms with van der Waals surface area (Å²) >= 11 is 6.92. The first-order valence-electron chi connectivity index (χ1n) is 6.52. The molecular weight excluding hydrogens is 403 g/mol. The molecule has 21 heavy (non-hydrogen) atoms. The molecular formula is C16H13Br2FO2. The molecule has 0 aliphatic carbocycles. The van der Waals surface area contributed by atoms with Crippen LogP contribution in [0.5, 0.6) is 11.5 Å². The number of methoxy groups -OCH3 is 1. The molecule has 0 aromatic heterocycles. The van der Waals surface area contributed by atoms with E-state index in [1.807, 2.05) is 12.1 Å². The number of halogens is 3. The molecule has 0 fully saturated rings. The Balaban J connectivity index is 2.02. The van der Waals surface area contributed by atoms with E-state index in [-0.39, 0.29) is 10.6 Å². The summed E-state index contributed by atoms with van der Waals surface area (Å²) in [4.78, 5) is -0.0738. The van der Waals surface area contributed by atoms with Crippen molar-refractivity contribution in [3.05, 3.63) is 57.3 Å². The van der Waals surface area contributed by atoms with Gasteiger partial charge in [-0.1, -0.05) is 28.1 Å². The highest BCUT2D eigenvalue weighted by Crippen LogP contribution is 2.40. The maximum absolute atomic E-state index is 13.6. The van der Waals surface area contributed by atoms with Gasteiger partial charge in [0, 0.05) is 18.1 Å². The van der Waals surface area contributed by atoms with E-state index >= 15 is 0 Å². The van der Waals surface area contributed by atoms with Crippen molar-refractivity contribution in [2.45, 2.75) is 11.2 Å². The Morgan fingerprint density at radius 3 is 2.86 bits per heavy atom. The van der Waals surface area contributed by atoms with E-state index in [0.29, 0.717) is 10.2 Å². The van der Waals surface area contributed by atoms with Crippen LogP contribution < -0.4 is 9.47 Å². The normalized spacial score (nSPS) is 14.5. The summed E-state index contributed by atoms with van der Waals surface area (Å²) in [5.41, 5.74) is 3.18. The molecule has 0 saturated carbocycles. The van der Waals surface area contributed by atoms with Gasteiger partial charge in [0.1, 0.15) is 17.3 Å². The van der Waals surface area contributed by atoms with Gasteiger partial charge in [0.2, 0.25) is 0 Å².